The van der Waals surface area contributed by atoms with Gasteiger partial charge in [-0.25, -0.2) is 9.48 Å². The zero-order valence-corrected chi connectivity index (χ0v) is 12.3. The molecule has 1 saturated carbocycles. The van der Waals surface area contributed by atoms with Gasteiger partial charge in [0.15, 0.2) is 5.82 Å². The summed E-state index contributed by atoms with van der Waals surface area (Å²) in [6, 6.07) is 0. The predicted octanol–water partition coefficient (Wildman–Crippen LogP) is 2.40. The van der Waals surface area contributed by atoms with Crippen LogP contribution in [0.5, 0.6) is 0 Å². The van der Waals surface area contributed by atoms with Gasteiger partial charge in [0, 0.05) is 6.54 Å². The topological polar surface area (TPSA) is 83.0 Å². The maximum atomic E-state index is 12.1. The molecule has 0 aliphatic heterocycles. The highest BCUT2D eigenvalue weighted by atomic mass is 16.5. The fourth-order valence-electron chi connectivity index (χ4n) is 2.40. The minimum absolute atomic E-state index is 0.0106. The van der Waals surface area contributed by atoms with Crippen LogP contribution in [0, 0.1) is 5.92 Å². The number of ether oxygens (including phenoxy) is 1. The average Bonchev–Trinajstić information content (AvgIpc) is 2.79. The van der Waals surface area contributed by atoms with Gasteiger partial charge in [0.2, 0.25) is 5.69 Å². The van der Waals surface area contributed by atoms with E-state index in [-0.39, 0.29) is 11.8 Å². The van der Waals surface area contributed by atoms with Crippen LogP contribution in [0.25, 0.3) is 0 Å². The Balaban J connectivity index is 1.95. The molecule has 1 fully saturated rings. The first-order chi connectivity index (χ1) is 9.58. The van der Waals surface area contributed by atoms with Crippen molar-refractivity contribution in [3.8, 4) is 0 Å². The number of nitrogens with zero attached hydrogens (tertiary/aromatic N) is 3. The Morgan fingerprint density at radius 1 is 1.40 bits per heavy atom. The van der Waals surface area contributed by atoms with E-state index in [9.17, 15) is 4.79 Å². The van der Waals surface area contributed by atoms with Gasteiger partial charge < -0.3 is 10.5 Å². The zero-order valence-electron chi connectivity index (χ0n) is 12.3. The minimum atomic E-state index is -0.440. The Morgan fingerprint density at radius 3 is 2.75 bits per heavy atom. The highest BCUT2D eigenvalue weighted by molar-refractivity contribution is 5.91. The van der Waals surface area contributed by atoms with Crippen LogP contribution in [-0.4, -0.2) is 27.1 Å². The van der Waals surface area contributed by atoms with Crippen molar-refractivity contribution >= 4 is 11.8 Å². The maximum absolute atomic E-state index is 12.1. The Morgan fingerprint density at radius 2 is 2.10 bits per heavy atom. The first kappa shape index (κ1) is 14.8. The Bertz CT molecular complexity index is 450. The van der Waals surface area contributed by atoms with Crippen molar-refractivity contribution < 1.29 is 9.53 Å². The molecule has 20 heavy (non-hydrogen) atoms. The van der Waals surface area contributed by atoms with Crippen molar-refractivity contribution in [3.05, 3.63) is 5.69 Å². The number of rotatable bonds is 5. The summed E-state index contributed by atoms with van der Waals surface area (Å²) in [7, 11) is 0. The van der Waals surface area contributed by atoms with Crippen LogP contribution in [-0.2, 0) is 11.3 Å². The number of esters is 1. The molecule has 1 aromatic heterocycles. The van der Waals surface area contributed by atoms with E-state index in [2.05, 4.69) is 24.2 Å². The van der Waals surface area contributed by atoms with Crippen LogP contribution in [0.2, 0.25) is 0 Å². The summed E-state index contributed by atoms with van der Waals surface area (Å²) in [5.74, 6) is 0.424. The lowest BCUT2D eigenvalue weighted by atomic mass is 9.98. The van der Waals surface area contributed by atoms with Gasteiger partial charge in [-0.3, -0.25) is 0 Å². The number of hydrogen-bond donors (Lipinski definition) is 1. The van der Waals surface area contributed by atoms with Crippen LogP contribution >= 0.6 is 0 Å². The van der Waals surface area contributed by atoms with Gasteiger partial charge in [-0.1, -0.05) is 25.5 Å². The lowest BCUT2D eigenvalue weighted by Crippen LogP contribution is -2.22. The zero-order chi connectivity index (χ0) is 14.5. The largest absolute Gasteiger partial charge is 0.458 e. The van der Waals surface area contributed by atoms with E-state index >= 15 is 0 Å². The molecule has 6 heteroatoms. The second kappa shape index (κ2) is 6.72. The predicted molar refractivity (Wildman–Crippen MR) is 76.2 cm³/mol. The highest BCUT2D eigenvalue weighted by Gasteiger charge is 2.23. The van der Waals surface area contributed by atoms with Gasteiger partial charge in [0.05, 0.1) is 0 Å². The van der Waals surface area contributed by atoms with Crippen molar-refractivity contribution in [2.45, 2.75) is 65.0 Å². The van der Waals surface area contributed by atoms with E-state index in [1.54, 1.807) is 4.68 Å². The SMILES string of the molecule is CC(C)CCn1nnc(C(=O)OC2CCCCC2)c1N. The van der Waals surface area contributed by atoms with Crippen LogP contribution in [0.4, 0.5) is 5.82 Å². The van der Waals surface area contributed by atoms with E-state index in [1.807, 2.05) is 0 Å². The molecule has 2 N–H and O–H groups in total. The molecule has 1 aliphatic rings. The summed E-state index contributed by atoms with van der Waals surface area (Å²) in [6.45, 7) is 4.93. The molecule has 0 amide bonds. The molecule has 1 aromatic rings. The second-order valence-electron chi connectivity index (χ2n) is 5.89. The van der Waals surface area contributed by atoms with Gasteiger partial charge in [-0.05, 0) is 38.0 Å². The third kappa shape index (κ3) is 3.71. The van der Waals surface area contributed by atoms with Gasteiger partial charge in [-0.2, -0.15) is 0 Å². The minimum Gasteiger partial charge on any atom is -0.458 e. The molecule has 0 unspecified atom stereocenters. The molecule has 2 rings (SSSR count). The summed E-state index contributed by atoms with van der Waals surface area (Å²) in [4.78, 5) is 12.1. The molecule has 112 valence electrons. The van der Waals surface area contributed by atoms with E-state index in [0.717, 1.165) is 32.1 Å². The van der Waals surface area contributed by atoms with Crippen molar-refractivity contribution in [1.82, 2.24) is 15.0 Å². The van der Waals surface area contributed by atoms with Gasteiger partial charge in [0.25, 0.3) is 0 Å². The number of carbonyl (C=O) groups is 1. The van der Waals surface area contributed by atoms with Gasteiger partial charge in [-0.15, -0.1) is 5.10 Å². The molecule has 0 bridgehead atoms. The lowest BCUT2D eigenvalue weighted by molar-refractivity contribution is 0.0205. The number of nitrogen functional groups attached to an aromatic ring is 1. The fraction of sp³-hybridized carbons (Fsp3) is 0.786. The molecule has 0 aromatic carbocycles. The molecule has 0 saturated heterocycles. The van der Waals surface area contributed by atoms with Crippen molar-refractivity contribution in [1.29, 1.82) is 0 Å². The quantitative estimate of drug-likeness (QED) is 0.837. The third-order valence-corrected chi connectivity index (χ3v) is 3.71. The van der Waals surface area contributed by atoms with E-state index in [0.29, 0.717) is 18.3 Å². The molecule has 0 atom stereocenters. The monoisotopic (exact) mass is 280 g/mol. The number of aromatic nitrogens is 3. The molecule has 0 radical (unpaired) electrons. The molecule has 6 nitrogen and oxygen atoms in total. The highest BCUT2D eigenvalue weighted by Crippen LogP contribution is 2.22. The number of aryl methyl sites for hydroxylation is 1. The van der Waals surface area contributed by atoms with E-state index in [1.165, 1.54) is 6.42 Å². The molecule has 1 aliphatic carbocycles. The number of anilines is 1. The summed E-state index contributed by atoms with van der Waals surface area (Å²) in [5, 5.41) is 7.82. The first-order valence-electron chi connectivity index (χ1n) is 7.48. The number of hydrogen-bond acceptors (Lipinski definition) is 5. The normalized spacial score (nSPS) is 16.6. The summed E-state index contributed by atoms with van der Waals surface area (Å²) < 4.78 is 7.04. The number of nitrogens with two attached hydrogens (primary N) is 1. The maximum Gasteiger partial charge on any atom is 0.363 e. The first-order valence-corrected chi connectivity index (χ1v) is 7.48. The molecule has 1 heterocycles. The van der Waals surface area contributed by atoms with Gasteiger partial charge in [0.1, 0.15) is 6.10 Å². The van der Waals surface area contributed by atoms with Gasteiger partial charge >= 0.3 is 5.97 Å². The average molecular weight is 280 g/mol. The molecular weight excluding hydrogens is 256 g/mol. The van der Waals surface area contributed by atoms with Crippen molar-refractivity contribution in [2.24, 2.45) is 5.92 Å². The van der Waals surface area contributed by atoms with Crippen LogP contribution in [0.1, 0.15) is 62.9 Å². The standard InChI is InChI=1S/C14H24N4O2/c1-10(2)8-9-18-13(15)12(16-17-18)14(19)20-11-6-4-3-5-7-11/h10-11H,3-9,15H2,1-2H3. The lowest BCUT2D eigenvalue weighted by Gasteiger charge is -2.21. The summed E-state index contributed by atoms with van der Waals surface area (Å²) in [5.41, 5.74) is 6.08. The summed E-state index contributed by atoms with van der Waals surface area (Å²) in [6.07, 6.45) is 6.30. The van der Waals surface area contributed by atoms with E-state index in [4.69, 9.17) is 10.5 Å². The Kier molecular flexibility index (Phi) is 4.98. The molecular formula is C14H24N4O2. The summed E-state index contributed by atoms with van der Waals surface area (Å²) >= 11 is 0. The smallest absolute Gasteiger partial charge is 0.363 e. The van der Waals surface area contributed by atoms with Crippen LogP contribution in [0.3, 0.4) is 0 Å². The third-order valence-electron chi connectivity index (χ3n) is 3.71. The van der Waals surface area contributed by atoms with Crippen LogP contribution < -0.4 is 5.73 Å². The van der Waals surface area contributed by atoms with Crippen LogP contribution in [0.15, 0.2) is 0 Å². The second-order valence-corrected chi connectivity index (χ2v) is 5.89. The van der Waals surface area contributed by atoms with E-state index < -0.39 is 5.97 Å². The number of carbonyl (C=O) groups excluding carboxylic acids is 1. The van der Waals surface area contributed by atoms with Crippen molar-refractivity contribution in [3.63, 3.8) is 0 Å². The fourth-order valence-corrected chi connectivity index (χ4v) is 2.40. The van der Waals surface area contributed by atoms with Crippen molar-refractivity contribution in [2.75, 3.05) is 5.73 Å². The molecule has 0 spiro atoms. The Labute approximate surface area is 119 Å². The Hall–Kier alpha value is -1.59.